The number of carbonyl (C=O) groups excluding carboxylic acids is 2. The molecule has 1 amide bonds. The van der Waals surface area contributed by atoms with Crippen LogP contribution in [-0.2, 0) is 9.59 Å². The Morgan fingerprint density at radius 1 is 1.00 bits per heavy atom. The Kier molecular flexibility index (Phi) is 5.43. The summed E-state index contributed by atoms with van der Waals surface area (Å²) >= 11 is 0. The van der Waals surface area contributed by atoms with E-state index in [2.05, 4.69) is 0 Å². The largest absolute Gasteiger partial charge is 0.507 e. The number of Topliss-reactive ketones (excluding diaryl/α,β-unsaturated/α-hetero) is 1. The highest BCUT2D eigenvalue weighted by Crippen LogP contribution is 2.45. The first-order chi connectivity index (χ1) is 15.4. The number of aliphatic hydroxyl groups excluding tert-OH is 1. The smallest absolute Gasteiger partial charge is 0.300 e. The number of anilines is 1. The zero-order valence-corrected chi connectivity index (χ0v) is 17.0. The number of ketones is 1. The van der Waals surface area contributed by atoms with Crippen molar-refractivity contribution < 1.29 is 24.4 Å². The summed E-state index contributed by atoms with van der Waals surface area (Å²) in [5.74, 6) is -1.74. The number of para-hydroxylation sites is 1. The van der Waals surface area contributed by atoms with Crippen LogP contribution >= 0.6 is 0 Å². The van der Waals surface area contributed by atoms with Crippen LogP contribution in [0.2, 0.25) is 0 Å². The van der Waals surface area contributed by atoms with E-state index >= 15 is 0 Å². The Morgan fingerprint density at radius 2 is 1.69 bits per heavy atom. The van der Waals surface area contributed by atoms with Gasteiger partial charge >= 0.3 is 0 Å². The molecule has 3 aromatic carbocycles. The van der Waals surface area contributed by atoms with Gasteiger partial charge in [0.25, 0.3) is 17.4 Å². The number of non-ortho nitro benzene ring substituents is 1. The van der Waals surface area contributed by atoms with Crippen LogP contribution in [0.25, 0.3) is 5.76 Å². The molecule has 1 aliphatic heterocycles. The van der Waals surface area contributed by atoms with Crippen LogP contribution in [0.5, 0.6) is 5.75 Å². The fourth-order valence-electron chi connectivity index (χ4n) is 3.79. The average molecular weight is 430 g/mol. The van der Waals surface area contributed by atoms with Gasteiger partial charge in [-0.1, -0.05) is 54.6 Å². The number of benzene rings is 3. The maximum atomic E-state index is 13.1. The zero-order chi connectivity index (χ0) is 22.8. The van der Waals surface area contributed by atoms with Crippen molar-refractivity contribution in [2.75, 3.05) is 12.0 Å². The molecule has 0 aliphatic carbocycles. The number of nitrogens with zero attached hydrogens (tertiary/aromatic N) is 2. The molecule has 3 aromatic rings. The second-order valence-corrected chi connectivity index (χ2v) is 7.05. The Bertz CT molecular complexity index is 1250. The van der Waals surface area contributed by atoms with E-state index in [1.54, 1.807) is 54.6 Å². The van der Waals surface area contributed by atoms with E-state index < -0.39 is 22.7 Å². The summed E-state index contributed by atoms with van der Waals surface area (Å²) in [5, 5.41) is 22.3. The summed E-state index contributed by atoms with van der Waals surface area (Å²) in [6, 6.07) is 19.6. The van der Waals surface area contributed by atoms with Gasteiger partial charge in [-0.05, 0) is 12.1 Å². The summed E-state index contributed by atoms with van der Waals surface area (Å²) < 4.78 is 5.45. The first kappa shape index (κ1) is 20.8. The van der Waals surface area contributed by atoms with Crippen LogP contribution < -0.4 is 9.64 Å². The first-order valence-electron chi connectivity index (χ1n) is 9.68. The molecule has 8 heteroatoms. The first-order valence-corrected chi connectivity index (χ1v) is 9.68. The highest BCUT2D eigenvalue weighted by molar-refractivity contribution is 6.51. The molecule has 1 saturated heterocycles. The van der Waals surface area contributed by atoms with Crippen LogP contribution in [0.15, 0.2) is 84.4 Å². The minimum Gasteiger partial charge on any atom is -0.507 e. The number of carbonyl (C=O) groups is 2. The average Bonchev–Trinajstić information content (AvgIpc) is 3.09. The molecule has 1 fully saturated rings. The lowest BCUT2D eigenvalue weighted by Crippen LogP contribution is -2.29. The molecule has 0 aromatic heterocycles. The predicted octanol–water partition coefficient (Wildman–Crippen LogP) is 4.23. The highest BCUT2D eigenvalue weighted by atomic mass is 16.6. The Morgan fingerprint density at radius 3 is 2.38 bits per heavy atom. The van der Waals surface area contributed by atoms with E-state index in [1.165, 1.54) is 31.4 Å². The number of hydrogen-bond donors (Lipinski definition) is 1. The normalized spacial score (nSPS) is 17.4. The number of amides is 1. The molecule has 1 N–H and O–H groups in total. The summed E-state index contributed by atoms with van der Waals surface area (Å²) in [6.07, 6.45) is 0. The minimum absolute atomic E-state index is 0.128. The fraction of sp³-hybridized carbons (Fsp3) is 0.0833. The molecule has 0 saturated carbocycles. The van der Waals surface area contributed by atoms with Gasteiger partial charge in [0.05, 0.1) is 29.3 Å². The van der Waals surface area contributed by atoms with Gasteiger partial charge in [0.15, 0.2) is 0 Å². The van der Waals surface area contributed by atoms with Gasteiger partial charge in [-0.2, -0.15) is 0 Å². The van der Waals surface area contributed by atoms with Gasteiger partial charge in [-0.15, -0.1) is 0 Å². The van der Waals surface area contributed by atoms with Gasteiger partial charge in [-0.3, -0.25) is 24.6 Å². The molecular weight excluding hydrogens is 412 g/mol. The molecule has 4 rings (SSSR count). The third-order valence-corrected chi connectivity index (χ3v) is 5.24. The van der Waals surface area contributed by atoms with Crippen molar-refractivity contribution in [1.82, 2.24) is 0 Å². The van der Waals surface area contributed by atoms with Crippen LogP contribution in [-0.4, -0.2) is 28.8 Å². The van der Waals surface area contributed by atoms with E-state index in [0.29, 0.717) is 16.9 Å². The van der Waals surface area contributed by atoms with Crippen LogP contribution in [0.1, 0.15) is 17.2 Å². The van der Waals surface area contributed by atoms with Crippen molar-refractivity contribution in [2.24, 2.45) is 0 Å². The third kappa shape index (κ3) is 3.47. The maximum Gasteiger partial charge on any atom is 0.300 e. The highest BCUT2D eigenvalue weighted by Gasteiger charge is 2.48. The Hall–Kier alpha value is -4.46. The van der Waals surface area contributed by atoms with Crippen LogP contribution in [0, 0.1) is 10.1 Å². The molecule has 160 valence electrons. The van der Waals surface area contributed by atoms with Crippen molar-refractivity contribution in [3.8, 4) is 5.75 Å². The predicted molar refractivity (Wildman–Crippen MR) is 117 cm³/mol. The molecular formula is C24H18N2O6. The number of nitro benzene ring substituents is 1. The van der Waals surface area contributed by atoms with E-state index in [-0.39, 0.29) is 22.7 Å². The number of ether oxygens (including phenoxy) is 1. The fourth-order valence-corrected chi connectivity index (χ4v) is 3.79. The lowest BCUT2D eigenvalue weighted by molar-refractivity contribution is -0.384. The molecule has 1 atom stereocenters. The summed E-state index contributed by atoms with van der Waals surface area (Å²) in [6.45, 7) is 0. The molecule has 1 heterocycles. The van der Waals surface area contributed by atoms with Crippen molar-refractivity contribution in [3.05, 3.63) is 106 Å². The molecule has 0 radical (unpaired) electrons. The standard InChI is InChI=1S/C24H18N2O6/c1-32-19-13-6-5-12-18(19)21-20(22(27)15-8-3-2-4-9-15)23(28)24(29)25(21)16-10-7-11-17(14-16)26(30)31/h2-14,21,27H,1H3/b22-20-. The van der Waals surface area contributed by atoms with Gasteiger partial charge in [0.1, 0.15) is 11.5 Å². The van der Waals surface area contributed by atoms with Gasteiger partial charge < -0.3 is 9.84 Å². The number of hydrogen-bond acceptors (Lipinski definition) is 6. The monoisotopic (exact) mass is 430 g/mol. The van der Waals surface area contributed by atoms with E-state index in [0.717, 1.165) is 4.90 Å². The maximum absolute atomic E-state index is 13.1. The van der Waals surface area contributed by atoms with E-state index in [1.807, 2.05) is 0 Å². The molecule has 1 aliphatic rings. The molecule has 32 heavy (non-hydrogen) atoms. The lowest BCUT2D eigenvalue weighted by Gasteiger charge is -2.26. The summed E-state index contributed by atoms with van der Waals surface area (Å²) in [7, 11) is 1.45. The van der Waals surface area contributed by atoms with Crippen LogP contribution in [0.3, 0.4) is 0 Å². The van der Waals surface area contributed by atoms with Gasteiger partial charge in [0, 0.05) is 23.3 Å². The van der Waals surface area contributed by atoms with Crippen LogP contribution in [0.4, 0.5) is 11.4 Å². The third-order valence-electron chi connectivity index (χ3n) is 5.24. The second kappa shape index (κ2) is 8.35. The number of nitro groups is 1. The second-order valence-electron chi connectivity index (χ2n) is 7.05. The Balaban J connectivity index is 1.99. The van der Waals surface area contributed by atoms with Gasteiger partial charge in [-0.25, -0.2) is 0 Å². The molecule has 1 unspecified atom stereocenters. The van der Waals surface area contributed by atoms with Crippen molar-refractivity contribution in [3.63, 3.8) is 0 Å². The molecule has 8 nitrogen and oxygen atoms in total. The van der Waals surface area contributed by atoms with Crippen molar-refractivity contribution in [2.45, 2.75) is 6.04 Å². The number of rotatable bonds is 5. The SMILES string of the molecule is COc1ccccc1C1/C(=C(/O)c2ccccc2)C(=O)C(=O)N1c1cccc([N+](=O)[O-])c1. The van der Waals surface area contributed by atoms with Crippen molar-refractivity contribution in [1.29, 1.82) is 0 Å². The number of methoxy groups -OCH3 is 1. The summed E-state index contributed by atoms with van der Waals surface area (Å²) in [4.78, 5) is 38.1. The van der Waals surface area contributed by atoms with E-state index in [9.17, 15) is 24.8 Å². The zero-order valence-electron chi connectivity index (χ0n) is 17.0. The van der Waals surface area contributed by atoms with Crippen molar-refractivity contribution >= 4 is 28.8 Å². The quantitative estimate of drug-likeness (QED) is 0.213. The molecule has 0 bridgehead atoms. The summed E-state index contributed by atoms with van der Waals surface area (Å²) in [5.41, 5.74) is 0.621. The Labute approximate surface area is 183 Å². The lowest BCUT2D eigenvalue weighted by atomic mass is 9.94. The topological polar surface area (TPSA) is 110 Å². The van der Waals surface area contributed by atoms with E-state index in [4.69, 9.17) is 4.74 Å². The minimum atomic E-state index is -1.05. The molecule has 0 spiro atoms. The number of aliphatic hydroxyl groups is 1. The van der Waals surface area contributed by atoms with Gasteiger partial charge in [0.2, 0.25) is 0 Å².